The predicted molar refractivity (Wildman–Crippen MR) is 102 cm³/mol. The van der Waals surface area contributed by atoms with Crippen molar-refractivity contribution < 1.29 is 19.4 Å². The summed E-state index contributed by atoms with van der Waals surface area (Å²) >= 11 is 0. The standard InChI is InChI=1S/C21H24N2O4/c1-21(2)20(25)19(22-9-8-13-6-4-3-5-7-13)14-10-15-17(11-16(14)27-21)26-18(24)12-23-15/h3-7,10-11,19-20,22-23,25H,8-9,12H2,1-2H3. The van der Waals surface area contributed by atoms with E-state index in [1.807, 2.05) is 38.1 Å². The van der Waals surface area contributed by atoms with Crippen molar-refractivity contribution in [3.63, 3.8) is 0 Å². The van der Waals surface area contributed by atoms with E-state index in [4.69, 9.17) is 9.47 Å². The number of ether oxygens (including phenoxy) is 2. The first-order chi connectivity index (χ1) is 12.9. The van der Waals surface area contributed by atoms with Crippen LogP contribution in [0.3, 0.4) is 0 Å². The van der Waals surface area contributed by atoms with Gasteiger partial charge in [-0.3, -0.25) is 0 Å². The third-order valence-electron chi connectivity index (χ3n) is 5.12. The molecular weight excluding hydrogens is 344 g/mol. The minimum Gasteiger partial charge on any atom is -0.485 e. The van der Waals surface area contributed by atoms with Crippen LogP contribution in [0.1, 0.15) is 31.0 Å². The molecule has 0 bridgehead atoms. The zero-order valence-electron chi connectivity index (χ0n) is 15.5. The van der Waals surface area contributed by atoms with Crippen LogP contribution in [-0.2, 0) is 11.2 Å². The van der Waals surface area contributed by atoms with E-state index in [0.717, 1.165) is 24.2 Å². The molecule has 0 amide bonds. The van der Waals surface area contributed by atoms with Gasteiger partial charge in [0.25, 0.3) is 0 Å². The number of hydrogen-bond donors (Lipinski definition) is 3. The molecule has 2 aromatic rings. The fourth-order valence-corrected chi connectivity index (χ4v) is 3.61. The molecule has 4 rings (SSSR count). The Bertz CT molecular complexity index is 851. The molecule has 2 aliphatic heterocycles. The maximum atomic E-state index is 11.5. The summed E-state index contributed by atoms with van der Waals surface area (Å²) in [5.74, 6) is 0.757. The van der Waals surface area contributed by atoms with E-state index in [2.05, 4.69) is 22.8 Å². The molecule has 2 unspecified atom stereocenters. The van der Waals surface area contributed by atoms with E-state index in [1.165, 1.54) is 5.56 Å². The van der Waals surface area contributed by atoms with E-state index in [1.54, 1.807) is 6.07 Å². The first-order valence-corrected chi connectivity index (χ1v) is 9.21. The summed E-state index contributed by atoms with van der Waals surface area (Å²) in [5, 5.41) is 17.4. The maximum Gasteiger partial charge on any atom is 0.330 e. The molecule has 0 spiro atoms. The fraction of sp³-hybridized carbons (Fsp3) is 0.381. The number of hydrogen-bond acceptors (Lipinski definition) is 6. The smallest absolute Gasteiger partial charge is 0.330 e. The molecule has 0 saturated carbocycles. The number of rotatable bonds is 4. The Labute approximate surface area is 158 Å². The Morgan fingerprint density at radius 1 is 1.22 bits per heavy atom. The van der Waals surface area contributed by atoms with Crippen molar-refractivity contribution in [2.45, 2.75) is 38.0 Å². The third kappa shape index (κ3) is 3.50. The minimum atomic E-state index is -0.766. The Hall–Kier alpha value is -2.57. The van der Waals surface area contributed by atoms with Gasteiger partial charge in [0.05, 0.1) is 11.7 Å². The molecule has 0 radical (unpaired) electrons. The lowest BCUT2D eigenvalue weighted by Gasteiger charge is -2.43. The van der Waals surface area contributed by atoms with Crippen LogP contribution in [0.2, 0.25) is 0 Å². The van der Waals surface area contributed by atoms with Crippen LogP contribution in [0.4, 0.5) is 5.69 Å². The Morgan fingerprint density at radius 3 is 2.78 bits per heavy atom. The lowest BCUT2D eigenvalue weighted by Crippen LogP contribution is -2.52. The van der Waals surface area contributed by atoms with Gasteiger partial charge in [-0.2, -0.15) is 0 Å². The molecule has 0 fully saturated rings. The Kier molecular flexibility index (Phi) is 4.53. The quantitative estimate of drug-likeness (QED) is 0.568. The van der Waals surface area contributed by atoms with E-state index < -0.39 is 11.7 Å². The fourth-order valence-electron chi connectivity index (χ4n) is 3.61. The van der Waals surface area contributed by atoms with Gasteiger partial charge in [0.2, 0.25) is 0 Å². The van der Waals surface area contributed by atoms with E-state index in [9.17, 15) is 9.90 Å². The van der Waals surface area contributed by atoms with Crippen LogP contribution in [0.25, 0.3) is 0 Å². The van der Waals surface area contributed by atoms with Crippen molar-refractivity contribution in [2.24, 2.45) is 0 Å². The molecular formula is C21H24N2O4. The summed E-state index contributed by atoms with van der Waals surface area (Å²) in [6.07, 6.45) is 0.145. The monoisotopic (exact) mass is 368 g/mol. The third-order valence-corrected chi connectivity index (χ3v) is 5.12. The highest BCUT2D eigenvalue weighted by Gasteiger charge is 2.43. The van der Waals surface area contributed by atoms with Crippen LogP contribution >= 0.6 is 0 Å². The molecule has 142 valence electrons. The van der Waals surface area contributed by atoms with Crippen molar-refractivity contribution in [2.75, 3.05) is 18.4 Å². The van der Waals surface area contributed by atoms with Crippen molar-refractivity contribution in [1.82, 2.24) is 5.32 Å². The summed E-state index contributed by atoms with van der Waals surface area (Å²) in [5.41, 5.74) is 2.07. The summed E-state index contributed by atoms with van der Waals surface area (Å²) in [6.45, 7) is 4.57. The van der Waals surface area contributed by atoms with Gasteiger partial charge in [-0.15, -0.1) is 0 Å². The lowest BCUT2D eigenvalue weighted by atomic mass is 9.86. The topological polar surface area (TPSA) is 79.8 Å². The number of nitrogens with one attached hydrogen (secondary N) is 2. The molecule has 2 heterocycles. The van der Waals surface area contributed by atoms with Gasteiger partial charge in [-0.1, -0.05) is 30.3 Å². The van der Waals surface area contributed by atoms with Crippen molar-refractivity contribution in [3.8, 4) is 11.5 Å². The average Bonchev–Trinajstić information content (AvgIpc) is 2.64. The van der Waals surface area contributed by atoms with Crippen LogP contribution in [0.15, 0.2) is 42.5 Å². The van der Waals surface area contributed by atoms with E-state index in [0.29, 0.717) is 11.5 Å². The second-order valence-electron chi connectivity index (χ2n) is 7.53. The summed E-state index contributed by atoms with van der Waals surface area (Å²) in [4.78, 5) is 11.5. The first-order valence-electron chi connectivity index (χ1n) is 9.21. The Balaban J connectivity index is 1.60. The Morgan fingerprint density at radius 2 is 2.00 bits per heavy atom. The number of carbonyl (C=O) groups excluding carboxylic acids is 1. The van der Waals surface area contributed by atoms with Crippen molar-refractivity contribution >= 4 is 11.7 Å². The zero-order chi connectivity index (χ0) is 19.0. The molecule has 2 aliphatic rings. The van der Waals surface area contributed by atoms with E-state index >= 15 is 0 Å². The van der Waals surface area contributed by atoms with Crippen LogP contribution in [0, 0.1) is 0 Å². The number of esters is 1. The highest BCUT2D eigenvalue weighted by atomic mass is 16.5. The largest absolute Gasteiger partial charge is 0.485 e. The summed E-state index contributed by atoms with van der Waals surface area (Å²) in [7, 11) is 0. The number of benzene rings is 2. The number of aliphatic hydroxyl groups excluding tert-OH is 1. The first kappa shape index (κ1) is 17.8. The number of anilines is 1. The average molecular weight is 368 g/mol. The highest BCUT2D eigenvalue weighted by Crippen LogP contribution is 2.45. The normalized spacial score (nSPS) is 22.7. The summed E-state index contributed by atoms with van der Waals surface area (Å²) in [6, 6.07) is 13.6. The van der Waals surface area contributed by atoms with Crippen molar-refractivity contribution in [3.05, 3.63) is 53.6 Å². The van der Waals surface area contributed by atoms with Gasteiger partial charge < -0.3 is 25.2 Å². The minimum absolute atomic E-state index is 0.132. The van der Waals surface area contributed by atoms with Crippen LogP contribution < -0.4 is 20.1 Å². The molecule has 2 aromatic carbocycles. The molecule has 6 nitrogen and oxygen atoms in total. The summed E-state index contributed by atoms with van der Waals surface area (Å²) < 4.78 is 11.3. The number of fused-ring (bicyclic) bond motifs is 2. The maximum absolute atomic E-state index is 11.5. The number of aliphatic hydroxyl groups is 1. The zero-order valence-corrected chi connectivity index (χ0v) is 15.5. The molecule has 27 heavy (non-hydrogen) atoms. The molecule has 0 aliphatic carbocycles. The van der Waals surface area contributed by atoms with Gasteiger partial charge in [-0.05, 0) is 38.4 Å². The molecule has 2 atom stereocenters. The second kappa shape index (κ2) is 6.87. The lowest BCUT2D eigenvalue weighted by molar-refractivity contribution is -0.132. The van der Waals surface area contributed by atoms with Gasteiger partial charge in [-0.25, -0.2) is 4.79 Å². The van der Waals surface area contributed by atoms with Gasteiger partial charge in [0.1, 0.15) is 24.0 Å². The molecule has 3 N–H and O–H groups in total. The number of carbonyl (C=O) groups is 1. The van der Waals surface area contributed by atoms with Gasteiger partial charge in [0, 0.05) is 11.6 Å². The molecule has 0 aromatic heterocycles. The van der Waals surface area contributed by atoms with Crippen molar-refractivity contribution in [1.29, 1.82) is 0 Å². The molecule has 6 heteroatoms. The van der Waals surface area contributed by atoms with E-state index in [-0.39, 0.29) is 18.6 Å². The van der Waals surface area contributed by atoms with Crippen LogP contribution in [0.5, 0.6) is 11.5 Å². The second-order valence-corrected chi connectivity index (χ2v) is 7.53. The SMILES string of the molecule is CC1(C)Oc2cc3c(cc2C(NCCc2ccccc2)C1O)NCC(=O)O3. The molecule has 0 saturated heterocycles. The van der Waals surface area contributed by atoms with Gasteiger partial charge in [0.15, 0.2) is 5.75 Å². The van der Waals surface area contributed by atoms with Crippen LogP contribution in [-0.4, -0.2) is 35.9 Å². The highest BCUT2D eigenvalue weighted by molar-refractivity contribution is 5.84. The van der Waals surface area contributed by atoms with Gasteiger partial charge >= 0.3 is 5.97 Å². The predicted octanol–water partition coefficient (Wildman–Crippen LogP) is 2.42.